The Kier molecular flexibility index (Phi) is 1.73. The van der Waals surface area contributed by atoms with Gasteiger partial charge in [0.15, 0.2) is 4.77 Å². The van der Waals surface area contributed by atoms with Crippen molar-refractivity contribution in [1.82, 2.24) is 9.55 Å². The molecule has 14 heavy (non-hydrogen) atoms. The normalized spacial score (nSPS) is 16.4. The molecule has 1 aliphatic carbocycles. The van der Waals surface area contributed by atoms with Crippen molar-refractivity contribution in [3.05, 3.63) is 28.0 Å². The van der Waals surface area contributed by atoms with Crippen molar-refractivity contribution in [2.75, 3.05) is 0 Å². The Labute approximate surface area is 91.5 Å². The zero-order valence-electron chi connectivity index (χ0n) is 7.46. The Morgan fingerprint density at radius 1 is 1.43 bits per heavy atom. The van der Waals surface area contributed by atoms with E-state index in [2.05, 4.69) is 9.55 Å². The summed E-state index contributed by atoms with van der Waals surface area (Å²) in [5.74, 6) is 0. The van der Waals surface area contributed by atoms with E-state index in [-0.39, 0.29) is 0 Å². The predicted octanol–water partition coefficient (Wildman–Crippen LogP) is 3.69. The summed E-state index contributed by atoms with van der Waals surface area (Å²) in [6.07, 6.45) is 2.46. The van der Waals surface area contributed by atoms with Crippen LogP contribution in [0, 0.1) is 4.77 Å². The van der Waals surface area contributed by atoms with Gasteiger partial charge in [0, 0.05) is 11.1 Å². The molecule has 2 aromatic rings. The Bertz CT molecular complexity index is 551. The molecule has 1 fully saturated rings. The quantitative estimate of drug-likeness (QED) is 0.733. The van der Waals surface area contributed by atoms with Gasteiger partial charge in [-0.2, -0.15) is 0 Å². The number of hydrogen-bond acceptors (Lipinski definition) is 1. The molecule has 2 nitrogen and oxygen atoms in total. The molecule has 0 bridgehead atoms. The summed E-state index contributed by atoms with van der Waals surface area (Å²) in [5.41, 5.74) is 2.20. The van der Waals surface area contributed by atoms with Crippen LogP contribution >= 0.6 is 23.8 Å². The minimum absolute atomic E-state index is 0.592. The lowest BCUT2D eigenvalue weighted by atomic mass is 10.3. The number of nitrogens with zero attached hydrogens (tertiary/aromatic N) is 1. The molecule has 1 aliphatic rings. The highest BCUT2D eigenvalue weighted by molar-refractivity contribution is 7.71. The number of aromatic amines is 1. The van der Waals surface area contributed by atoms with Crippen LogP contribution in [0.15, 0.2) is 18.2 Å². The van der Waals surface area contributed by atoms with E-state index in [0.717, 1.165) is 20.8 Å². The average Bonchev–Trinajstić information content (AvgIpc) is 2.90. The molecular formula is C10H9ClN2S. The first-order valence-electron chi connectivity index (χ1n) is 4.65. The van der Waals surface area contributed by atoms with Gasteiger partial charge in [0.25, 0.3) is 0 Å². The second-order valence-corrected chi connectivity index (χ2v) is 4.52. The Balaban J connectivity index is 2.39. The Morgan fingerprint density at radius 3 is 2.93 bits per heavy atom. The van der Waals surface area contributed by atoms with Crippen molar-refractivity contribution in [2.24, 2.45) is 0 Å². The maximum absolute atomic E-state index is 5.96. The van der Waals surface area contributed by atoms with Crippen molar-refractivity contribution < 1.29 is 0 Å². The van der Waals surface area contributed by atoms with E-state index in [1.807, 2.05) is 18.2 Å². The van der Waals surface area contributed by atoms with Crippen LogP contribution in [0.25, 0.3) is 11.0 Å². The van der Waals surface area contributed by atoms with Gasteiger partial charge in [-0.3, -0.25) is 0 Å². The number of H-pyrrole nitrogens is 1. The summed E-state index contributed by atoms with van der Waals surface area (Å²) in [6, 6.07) is 6.43. The third-order valence-electron chi connectivity index (χ3n) is 2.59. The van der Waals surface area contributed by atoms with Crippen LogP contribution in [0.5, 0.6) is 0 Å². The number of imidazole rings is 1. The number of benzene rings is 1. The second-order valence-electron chi connectivity index (χ2n) is 3.69. The minimum atomic E-state index is 0.592. The first-order chi connectivity index (χ1) is 6.75. The number of hydrogen-bond donors (Lipinski definition) is 1. The molecule has 0 atom stereocenters. The van der Waals surface area contributed by atoms with Gasteiger partial charge in [-0.15, -0.1) is 0 Å². The Morgan fingerprint density at radius 2 is 2.21 bits per heavy atom. The molecule has 3 rings (SSSR count). The SMILES string of the molecule is S=c1[nH]c2ccc(Cl)cc2n1C1CC1. The maximum atomic E-state index is 5.96. The number of aromatic nitrogens is 2. The molecule has 0 saturated heterocycles. The highest BCUT2D eigenvalue weighted by Crippen LogP contribution is 2.38. The highest BCUT2D eigenvalue weighted by atomic mass is 35.5. The topological polar surface area (TPSA) is 20.7 Å². The molecule has 1 aromatic carbocycles. The summed E-state index contributed by atoms with van der Waals surface area (Å²) in [5, 5.41) is 0.765. The number of nitrogens with one attached hydrogen (secondary N) is 1. The van der Waals surface area contributed by atoms with E-state index < -0.39 is 0 Å². The molecule has 1 saturated carbocycles. The molecule has 1 aromatic heterocycles. The monoisotopic (exact) mass is 224 g/mol. The van der Waals surface area contributed by atoms with E-state index in [0.29, 0.717) is 6.04 Å². The van der Waals surface area contributed by atoms with Crippen molar-refractivity contribution in [3.8, 4) is 0 Å². The van der Waals surface area contributed by atoms with Crippen LogP contribution in [0.4, 0.5) is 0 Å². The van der Waals surface area contributed by atoms with Gasteiger partial charge in [0.05, 0.1) is 11.0 Å². The minimum Gasteiger partial charge on any atom is -0.331 e. The summed E-state index contributed by atoms with van der Waals surface area (Å²) < 4.78 is 2.99. The molecule has 0 radical (unpaired) electrons. The second kappa shape index (κ2) is 2.84. The maximum Gasteiger partial charge on any atom is 0.178 e. The predicted molar refractivity (Wildman–Crippen MR) is 60.4 cm³/mol. The van der Waals surface area contributed by atoms with E-state index in [1.54, 1.807) is 0 Å². The smallest absolute Gasteiger partial charge is 0.178 e. The van der Waals surface area contributed by atoms with E-state index in [9.17, 15) is 0 Å². The fraction of sp³-hybridized carbons (Fsp3) is 0.300. The zero-order valence-corrected chi connectivity index (χ0v) is 9.03. The van der Waals surface area contributed by atoms with Crippen molar-refractivity contribution >= 4 is 34.9 Å². The van der Waals surface area contributed by atoms with Crippen molar-refractivity contribution in [2.45, 2.75) is 18.9 Å². The van der Waals surface area contributed by atoms with Crippen LogP contribution in [0.2, 0.25) is 5.02 Å². The van der Waals surface area contributed by atoms with E-state index in [4.69, 9.17) is 23.8 Å². The molecule has 0 amide bonds. The fourth-order valence-electron chi connectivity index (χ4n) is 1.79. The number of fused-ring (bicyclic) bond motifs is 1. The van der Waals surface area contributed by atoms with Crippen LogP contribution in [-0.2, 0) is 0 Å². The summed E-state index contributed by atoms with van der Waals surface area (Å²) in [6.45, 7) is 0. The molecule has 1 heterocycles. The standard InChI is InChI=1S/C10H9ClN2S/c11-6-1-4-8-9(5-6)13(7-2-3-7)10(14)12-8/h1,4-5,7H,2-3H2,(H,12,14). The Hall–Kier alpha value is -0.800. The first kappa shape index (κ1) is 8.50. The number of rotatable bonds is 1. The lowest BCUT2D eigenvalue weighted by Crippen LogP contribution is -1.92. The average molecular weight is 225 g/mol. The van der Waals surface area contributed by atoms with E-state index >= 15 is 0 Å². The van der Waals surface area contributed by atoms with Crippen molar-refractivity contribution in [3.63, 3.8) is 0 Å². The van der Waals surface area contributed by atoms with Crippen LogP contribution in [0.1, 0.15) is 18.9 Å². The zero-order chi connectivity index (χ0) is 9.71. The van der Waals surface area contributed by atoms with Gasteiger partial charge in [0.2, 0.25) is 0 Å². The molecular weight excluding hydrogens is 216 g/mol. The largest absolute Gasteiger partial charge is 0.331 e. The lowest BCUT2D eigenvalue weighted by molar-refractivity contribution is 0.753. The van der Waals surface area contributed by atoms with Gasteiger partial charge in [-0.25, -0.2) is 0 Å². The molecule has 1 N–H and O–H groups in total. The highest BCUT2D eigenvalue weighted by Gasteiger charge is 2.25. The van der Waals surface area contributed by atoms with Crippen LogP contribution in [0.3, 0.4) is 0 Å². The third kappa shape index (κ3) is 1.20. The fourth-order valence-corrected chi connectivity index (χ4v) is 2.31. The molecule has 4 heteroatoms. The van der Waals surface area contributed by atoms with Crippen LogP contribution in [-0.4, -0.2) is 9.55 Å². The van der Waals surface area contributed by atoms with Gasteiger partial charge in [-0.1, -0.05) is 11.6 Å². The molecule has 0 spiro atoms. The molecule has 0 unspecified atom stereocenters. The summed E-state index contributed by atoms with van der Waals surface area (Å²) in [4.78, 5) is 3.19. The third-order valence-corrected chi connectivity index (χ3v) is 3.13. The summed E-state index contributed by atoms with van der Waals surface area (Å²) in [7, 11) is 0. The van der Waals surface area contributed by atoms with Crippen LogP contribution < -0.4 is 0 Å². The molecule has 0 aliphatic heterocycles. The summed E-state index contributed by atoms with van der Waals surface area (Å²) >= 11 is 11.2. The number of halogens is 1. The van der Waals surface area contributed by atoms with E-state index in [1.165, 1.54) is 12.8 Å². The molecule has 72 valence electrons. The van der Waals surface area contributed by atoms with Gasteiger partial charge < -0.3 is 9.55 Å². The van der Waals surface area contributed by atoms with Gasteiger partial charge in [0.1, 0.15) is 0 Å². The van der Waals surface area contributed by atoms with Gasteiger partial charge in [-0.05, 0) is 43.3 Å². The lowest BCUT2D eigenvalue weighted by Gasteiger charge is -2.00. The first-order valence-corrected chi connectivity index (χ1v) is 5.44. The van der Waals surface area contributed by atoms with Gasteiger partial charge >= 0.3 is 0 Å². The van der Waals surface area contributed by atoms with Crippen molar-refractivity contribution in [1.29, 1.82) is 0 Å².